The maximum Gasteiger partial charge on any atom is -0.0129 e. The first-order chi connectivity index (χ1) is 14.9. The average Bonchev–Trinajstić information content (AvgIpc) is 3.36. The molecule has 0 unspecified atom stereocenters. The van der Waals surface area contributed by atoms with E-state index in [1.54, 1.807) is 24.2 Å². The number of fused-ring (bicyclic) bond motifs is 3. The van der Waals surface area contributed by atoms with Crippen molar-refractivity contribution in [2.45, 2.75) is 86.0 Å². The van der Waals surface area contributed by atoms with E-state index in [1.165, 1.54) is 50.9 Å². The summed E-state index contributed by atoms with van der Waals surface area (Å²) in [7, 11) is 0. The van der Waals surface area contributed by atoms with Gasteiger partial charge in [-0.1, -0.05) is 71.6 Å². The molecule has 0 aliphatic heterocycles. The van der Waals surface area contributed by atoms with Gasteiger partial charge < -0.3 is 24.8 Å². The summed E-state index contributed by atoms with van der Waals surface area (Å²) in [6.07, 6.45) is 2.26. The average molecular weight is 575 g/mol. The first-order valence-electron chi connectivity index (χ1n) is 11.8. The van der Waals surface area contributed by atoms with Crippen LogP contribution in [0, 0.1) is 19.9 Å². The molecule has 0 atom stereocenters. The maximum absolute atomic E-state index is 3.69. The fraction of sp³-hybridized carbons (Fsp3) is 0.419. The van der Waals surface area contributed by atoms with Crippen molar-refractivity contribution in [1.82, 2.24) is 0 Å². The van der Waals surface area contributed by atoms with Gasteiger partial charge in [-0.3, -0.25) is 0 Å². The monoisotopic (exact) mass is 572 g/mol. The molecule has 0 nitrogen and oxygen atoms in total. The summed E-state index contributed by atoms with van der Waals surface area (Å²) in [4.78, 5) is 0. The van der Waals surface area contributed by atoms with E-state index in [-0.39, 0.29) is 35.6 Å². The smallest absolute Gasteiger partial charge is 0.0129 e. The van der Waals surface area contributed by atoms with E-state index in [9.17, 15) is 0 Å². The third-order valence-corrected chi connectivity index (χ3v) is 6.84. The molecule has 0 aromatic heterocycles. The molecular formula is C31H40Cl2Zr-2. The molecule has 3 heteroatoms. The Balaban J connectivity index is 0.000000840. The van der Waals surface area contributed by atoms with Crippen molar-refractivity contribution in [3.8, 4) is 11.1 Å². The van der Waals surface area contributed by atoms with Gasteiger partial charge in [0.2, 0.25) is 0 Å². The third-order valence-electron chi connectivity index (χ3n) is 5.84. The van der Waals surface area contributed by atoms with E-state index in [2.05, 4.69) is 90.3 Å². The molecule has 0 spiro atoms. The zero-order valence-electron chi connectivity index (χ0n) is 22.4. The van der Waals surface area contributed by atoms with Crippen molar-refractivity contribution in [2.24, 2.45) is 0 Å². The van der Waals surface area contributed by atoms with E-state index >= 15 is 0 Å². The Morgan fingerprint density at radius 1 is 0.882 bits per heavy atom. The molecule has 0 radical (unpaired) electrons. The van der Waals surface area contributed by atoms with Crippen LogP contribution in [0.5, 0.6) is 0 Å². The molecule has 3 aromatic rings. The molecule has 34 heavy (non-hydrogen) atoms. The second kappa shape index (κ2) is 14.0. The minimum Gasteiger partial charge on any atom is -1.00 e. The second-order valence-corrected chi connectivity index (χ2v) is 11.8. The van der Waals surface area contributed by atoms with E-state index in [1.807, 2.05) is 30.3 Å². The summed E-state index contributed by atoms with van der Waals surface area (Å²) in [5.41, 5.74) is 11.6. The van der Waals surface area contributed by atoms with Crippen LogP contribution >= 0.6 is 0 Å². The topological polar surface area (TPSA) is 0 Å². The molecule has 184 valence electrons. The Hall–Kier alpha value is -0.877. The molecule has 0 saturated heterocycles. The Kier molecular flexibility index (Phi) is 13.7. The fourth-order valence-electron chi connectivity index (χ4n) is 4.34. The fourth-order valence-corrected chi connectivity index (χ4v) is 4.34. The van der Waals surface area contributed by atoms with E-state index in [0.717, 1.165) is 6.42 Å². The number of halogens is 2. The molecule has 0 heterocycles. The summed E-state index contributed by atoms with van der Waals surface area (Å²) in [6.45, 7) is 20.4. The predicted molar refractivity (Wildman–Crippen MR) is 139 cm³/mol. The molecule has 0 fully saturated rings. The first-order valence-corrected chi connectivity index (χ1v) is 13.2. The molecule has 1 aliphatic carbocycles. The molecular weight excluding hydrogens is 534 g/mol. The first kappa shape index (κ1) is 33.1. The van der Waals surface area contributed by atoms with E-state index in [4.69, 9.17) is 0 Å². The van der Waals surface area contributed by atoms with Crippen LogP contribution in [0.3, 0.4) is 0 Å². The summed E-state index contributed by atoms with van der Waals surface area (Å²) in [5, 5.41) is 0. The van der Waals surface area contributed by atoms with Crippen molar-refractivity contribution in [2.75, 3.05) is 0 Å². The predicted octanol–water partition coefficient (Wildman–Crippen LogP) is 2.43. The Morgan fingerprint density at radius 3 is 1.79 bits per heavy atom. The molecule has 0 bridgehead atoms. The van der Waals surface area contributed by atoms with Crippen molar-refractivity contribution in [3.63, 3.8) is 0 Å². The molecule has 1 aliphatic rings. The Morgan fingerprint density at radius 2 is 1.38 bits per heavy atom. The van der Waals surface area contributed by atoms with Crippen LogP contribution in [0.1, 0.15) is 88.3 Å². The van der Waals surface area contributed by atoms with E-state index < -0.39 is 0 Å². The van der Waals surface area contributed by atoms with Crippen LogP contribution < -0.4 is 24.8 Å². The normalized spacial score (nSPS) is 11.4. The van der Waals surface area contributed by atoms with Gasteiger partial charge in [-0.05, 0) is 35.4 Å². The van der Waals surface area contributed by atoms with Crippen LogP contribution in [-0.2, 0) is 41.5 Å². The van der Waals surface area contributed by atoms with Gasteiger partial charge in [0.15, 0.2) is 0 Å². The Labute approximate surface area is 236 Å². The minimum atomic E-state index is 0. The SMILES string of the molecule is CC[CH]=[Zr+2].Cc1[c-]c2c(cc1C(C)(C)C)-c1cc(C(C)(C)C)c(C)cc1C2.[Cl-].[Cl-].c1cc[cH-]c1. The molecule has 0 N–H and O–H groups in total. The van der Waals surface area contributed by atoms with Crippen molar-refractivity contribution in [3.05, 3.63) is 88.0 Å². The number of hydrogen-bond acceptors (Lipinski definition) is 0. The van der Waals surface area contributed by atoms with Crippen molar-refractivity contribution < 1.29 is 49.0 Å². The summed E-state index contributed by atoms with van der Waals surface area (Å²) < 4.78 is 2.22. The zero-order chi connectivity index (χ0) is 24.1. The van der Waals surface area contributed by atoms with Gasteiger partial charge in [0.1, 0.15) is 0 Å². The van der Waals surface area contributed by atoms with Crippen LogP contribution in [0.4, 0.5) is 0 Å². The minimum absolute atomic E-state index is 0. The van der Waals surface area contributed by atoms with Crippen molar-refractivity contribution >= 4 is 3.71 Å². The zero-order valence-corrected chi connectivity index (χ0v) is 26.3. The van der Waals surface area contributed by atoms with Crippen LogP contribution in [-0.4, -0.2) is 3.71 Å². The van der Waals surface area contributed by atoms with Crippen LogP contribution in [0.25, 0.3) is 11.1 Å². The molecule has 0 amide bonds. The van der Waals surface area contributed by atoms with Gasteiger partial charge in [-0.15, -0.1) is 16.7 Å². The van der Waals surface area contributed by atoms with Crippen LogP contribution in [0.2, 0.25) is 0 Å². The molecule has 3 aromatic carbocycles. The van der Waals surface area contributed by atoms with Gasteiger partial charge in [-0.2, -0.15) is 35.9 Å². The van der Waals surface area contributed by atoms with Crippen molar-refractivity contribution in [1.29, 1.82) is 0 Å². The summed E-state index contributed by atoms with van der Waals surface area (Å²) >= 11 is 1.54. The van der Waals surface area contributed by atoms with Crippen LogP contribution in [0.15, 0.2) is 48.5 Å². The molecule has 4 rings (SSSR count). The van der Waals surface area contributed by atoms with Gasteiger partial charge >= 0.3 is 41.3 Å². The molecule has 0 saturated carbocycles. The standard InChI is InChI=1S/C23H29.C5H5.C3H6.2ClH.Zr/c1-14-9-16-11-17-10-15(2)21(23(6,7)8)13-19(17)18(16)12-20(14)22(3,4)5;1-2-4-5-3-1;1-3-2;;;/h9,12-13H,11H2,1-8H3;1-5H;1H,3H2,2H3;2*1H;/q2*-1;;;;+2/p-2. The quantitative estimate of drug-likeness (QED) is 0.307. The second-order valence-electron chi connectivity index (χ2n) is 10.8. The maximum atomic E-state index is 3.69. The largest absolute Gasteiger partial charge is 1.00 e. The summed E-state index contributed by atoms with van der Waals surface area (Å²) in [6, 6.07) is 20.9. The third kappa shape index (κ3) is 8.65. The van der Waals surface area contributed by atoms with Gasteiger partial charge in [0, 0.05) is 0 Å². The van der Waals surface area contributed by atoms with Gasteiger partial charge in [0.05, 0.1) is 0 Å². The number of aryl methyl sites for hydroxylation is 2. The van der Waals surface area contributed by atoms with Gasteiger partial charge in [-0.25, -0.2) is 12.1 Å². The number of benzene rings is 2. The summed E-state index contributed by atoms with van der Waals surface area (Å²) in [5.74, 6) is 0. The van der Waals surface area contributed by atoms with Gasteiger partial charge in [0.25, 0.3) is 0 Å². The number of hydrogen-bond donors (Lipinski definition) is 0. The Bertz CT molecular complexity index is 948. The van der Waals surface area contributed by atoms with E-state index in [0.29, 0.717) is 0 Å². The number of rotatable bonds is 1.